The molecule has 0 aliphatic carbocycles. The molecule has 0 aromatic heterocycles. The van der Waals surface area contributed by atoms with Crippen molar-refractivity contribution in [3.05, 3.63) is 27.8 Å². The summed E-state index contributed by atoms with van der Waals surface area (Å²) >= 11 is 0. The summed E-state index contributed by atoms with van der Waals surface area (Å²) in [6.07, 6.45) is 4.28. The van der Waals surface area contributed by atoms with E-state index in [2.05, 4.69) is 13.8 Å². The Morgan fingerprint density at radius 1 is 1.04 bits per heavy atom. The SMILES string of the molecule is CCCCOC(C)(Cc1cc(OC)c(OC)c([N+](=O)[O-])c1)OCCCC. The first kappa shape index (κ1) is 22.2. The van der Waals surface area contributed by atoms with E-state index in [1.165, 1.54) is 20.3 Å². The molecule has 1 aromatic rings. The van der Waals surface area contributed by atoms with Crippen molar-refractivity contribution in [1.29, 1.82) is 0 Å². The Hall–Kier alpha value is -1.86. The van der Waals surface area contributed by atoms with Crippen LogP contribution in [0.4, 0.5) is 5.69 Å². The molecule has 1 rings (SSSR count). The Labute approximate surface area is 155 Å². The second-order valence-corrected chi connectivity index (χ2v) is 6.32. The Morgan fingerprint density at radius 3 is 2.04 bits per heavy atom. The molecule has 0 atom stereocenters. The molecule has 0 aliphatic rings. The zero-order valence-corrected chi connectivity index (χ0v) is 16.5. The zero-order chi connectivity index (χ0) is 19.6. The van der Waals surface area contributed by atoms with Gasteiger partial charge >= 0.3 is 5.69 Å². The van der Waals surface area contributed by atoms with E-state index >= 15 is 0 Å². The number of methoxy groups -OCH3 is 2. The van der Waals surface area contributed by atoms with Crippen molar-refractivity contribution in [2.24, 2.45) is 0 Å². The van der Waals surface area contributed by atoms with Gasteiger partial charge in [0.25, 0.3) is 0 Å². The molecule has 0 saturated heterocycles. The van der Waals surface area contributed by atoms with E-state index in [9.17, 15) is 10.1 Å². The fourth-order valence-corrected chi connectivity index (χ4v) is 2.62. The number of hydrogen-bond donors (Lipinski definition) is 0. The number of nitro groups is 1. The molecule has 148 valence electrons. The lowest BCUT2D eigenvalue weighted by atomic mass is 10.0. The topological polar surface area (TPSA) is 80.1 Å². The van der Waals surface area contributed by atoms with Gasteiger partial charge in [-0.15, -0.1) is 0 Å². The molecule has 0 aliphatic heterocycles. The number of benzene rings is 1. The molecule has 0 saturated carbocycles. The summed E-state index contributed by atoms with van der Waals surface area (Å²) in [6.45, 7) is 7.22. The van der Waals surface area contributed by atoms with Crippen molar-refractivity contribution in [2.75, 3.05) is 27.4 Å². The minimum absolute atomic E-state index is 0.113. The van der Waals surface area contributed by atoms with Crippen LogP contribution in [0.25, 0.3) is 0 Å². The first-order valence-corrected chi connectivity index (χ1v) is 9.08. The van der Waals surface area contributed by atoms with Gasteiger partial charge in [-0.05, 0) is 31.4 Å². The molecular weight excluding hydrogens is 338 g/mol. The highest BCUT2D eigenvalue weighted by atomic mass is 16.7. The smallest absolute Gasteiger partial charge is 0.315 e. The molecule has 7 nitrogen and oxygen atoms in total. The molecule has 0 heterocycles. The summed E-state index contributed by atoms with van der Waals surface area (Å²) in [5.41, 5.74) is 0.566. The molecule has 0 fully saturated rings. The lowest BCUT2D eigenvalue weighted by Gasteiger charge is -2.30. The van der Waals surface area contributed by atoms with Crippen molar-refractivity contribution in [3.8, 4) is 11.5 Å². The van der Waals surface area contributed by atoms with Crippen LogP contribution >= 0.6 is 0 Å². The minimum atomic E-state index is -0.849. The molecule has 0 amide bonds. The lowest BCUT2D eigenvalue weighted by molar-refractivity contribution is -0.385. The van der Waals surface area contributed by atoms with Gasteiger partial charge in [0, 0.05) is 12.5 Å². The van der Waals surface area contributed by atoms with Crippen LogP contribution in [0, 0.1) is 10.1 Å². The number of unbranched alkanes of at least 4 members (excludes halogenated alkanes) is 2. The Kier molecular flexibility index (Phi) is 9.37. The first-order chi connectivity index (χ1) is 12.4. The summed E-state index contributed by atoms with van der Waals surface area (Å²) in [6, 6.07) is 3.22. The second-order valence-electron chi connectivity index (χ2n) is 6.32. The quantitative estimate of drug-likeness (QED) is 0.220. The second kappa shape index (κ2) is 11.0. The molecular formula is C19H31NO6. The number of nitrogens with zero attached hydrogens (tertiary/aromatic N) is 1. The van der Waals surface area contributed by atoms with Gasteiger partial charge in [0.2, 0.25) is 5.75 Å². The standard InChI is InChI=1S/C19H31NO6/c1-6-8-10-25-19(3,26-11-9-7-2)14-15-12-16(20(21)22)18(24-5)17(13-15)23-4/h12-13H,6-11,14H2,1-5H3. The van der Waals surface area contributed by atoms with Gasteiger partial charge in [-0.3, -0.25) is 10.1 Å². The van der Waals surface area contributed by atoms with E-state index < -0.39 is 10.7 Å². The van der Waals surface area contributed by atoms with Gasteiger partial charge in [0.05, 0.1) is 32.4 Å². The predicted octanol–water partition coefficient (Wildman–Crippen LogP) is 4.50. The van der Waals surface area contributed by atoms with E-state index in [-0.39, 0.29) is 11.4 Å². The van der Waals surface area contributed by atoms with E-state index in [0.29, 0.717) is 30.9 Å². The zero-order valence-electron chi connectivity index (χ0n) is 16.5. The molecule has 0 unspecified atom stereocenters. The maximum absolute atomic E-state index is 11.4. The summed E-state index contributed by atoms with van der Waals surface area (Å²) in [4.78, 5) is 10.9. The van der Waals surface area contributed by atoms with Crippen molar-refractivity contribution in [3.63, 3.8) is 0 Å². The Balaban J connectivity index is 3.11. The highest BCUT2D eigenvalue weighted by molar-refractivity contribution is 5.58. The van der Waals surface area contributed by atoms with Crippen molar-refractivity contribution in [1.82, 2.24) is 0 Å². The molecule has 0 spiro atoms. The molecule has 1 aromatic carbocycles. The van der Waals surface area contributed by atoms with Crippen LogP contribution in [0.3, 0.4) is 0 Å². The molecule has 7 heteroatoms. The highest BCUT2D eigenvalue weighted by Crippen LogP contribution is 2.39. The van der Waals surface area contributed by atoms with Gasteiger partial charge in [0.1, 0.15) is 0 Å². The van der Waals surface area contributed by atoms with Crippen LogP contribution in [0.15, 0.2) is 12.1 Å². The average Bonchev–Trinajstić information content (AvgIpc) is 2.61. The average molecular weight is 369 g/mol. The predicted molar refractivity (Wildman–Crippen MR) is 100 cm³/mol. The van der Waals surface area contributed by atoms with Gasteiger partial charge in [-0.25, -0.2) is 0 Å². The Bertz CT molecular complexity index is 565. The summed E-state index contributed by atoms with van der Waals surface area (Å²) in [5.74, 6) is -0.416. The van der Waals surface area contributed by atoms with E-state index in [0.717, 1.165) is 25.7 Å². The van der Waals surface area contributed by atoms with Crippen LogP contribution in [0.1, 0.15) is 52.0 Å². The first-order valence-electron chi connectivity index (χ1n) is 9.08. The van der Waals surface area contributed by atoms with Gasteiger partial charge < -0.3 is 18.9 Å². The summed E-state index contributed by atoms with van der Waals surface area (Å²) in [7, 11) is 2.84. The maximum atomic E-state index is 11.4. The van der Waals surface area contributed by atoms with Gasteiger partial charge in [-0.2, -0.15) is 0 Å². The molecule has 0 N–H and O–H groups in total. The van der Waals surface area contributed by atoms with Crippen molar-refractivity contribution >= 4 is 5.69 Å². The van der Waals surface area contributed by atoms with E-state index in [1.807, 2.05) is 6.92 Å². The van der Waals surface area contributed by atoms with Crippen LogP contribution in [-0.2, 0) is 15.9 Å². The monoisotopic (exact) mass is 369 g/mol. The van der Waals surface area contributed by atoms with Crippen LogP contribution in [0.5, 0.6) is 11.5 Å². The normalized spacial score (nSPS) is 11.4. The van der Waals surface area contributed by atoms with Crippen LogP contribution < -0.4 is 9.47 Å². The van der Waals surface area contributed by atoms with E-state index in [1.54, 1.807) is 6.07 Å². The van der Waals surface area contributed by atoms with Gasteiger partial charge in [0.15, 0.2) is 11.5 Å². The molecule has 26 heavy (non-hydrogen) atoms. The number of hydrogen-bond acceptors (Lipinski definition) is 6. The fraction of sp³-hybridized carbons (Fsp3) is 0.684. The Morgan fingerprint density at radius 2 is 1.62 bits per heavy atom. The highest BCUT2D eigenvalue weighted by Gasteiger charge is 2.29. The minimum Gasteiger partial charge on any atom is -0.493 e. The molecule has 0 bridgehead atoms. The summed E-state index contributed by atoms with van der Waals surface area (Å²) in [5, 5.41) is 11.4. The fourth-order valence-electron chi connectivity index (χ4n) is 2.62. The number of rotatable bonds is 13. The number of nitro benzene ring substituents is 1. The van der Waals surface area contributed by atoms with Crippen LogP contribution in [0.2, 0.25) is 0 Å². The largest absolute Gasteiger partial charge is 0.493 e. The maximum Gasteiger partial charge on any atom is 0.315 e. The van der Waals surface area contributed by atoms with E-state index in [4.69, 9.17) is 18.9 Å². The van der Waals surface area contributed by atoms with Gasteiger partial charge in [-0.1, -0.05) is 26.7 Å². The third-order valence-corrected chi connectivity index (χ3v) is 4.05. The van der Waals surface area contributed by atoms with Crippen molar-refractivity contribution < 1.29 is 23.9 Å². The summed E-state index contributed by atoms with van der Waals surface area (Å²) < 4.78 is 22.4. The van der Waals surface area contributed by atoms with Crippen molar-refractivity contribution in [2.45, 2.75) is 58.7 Å². The number of ether oxygens (including phenoxy) is 4. The van der Waals surface area contributed by atoms with Crippen LogP contribution in [-0.4, -0.2) is 38.1 Å². The third-order valence-electron chi connectivity index (χ3n) is 4.05. The lowest BCUT2D eigenvalue weighted by Crippen LogP contribution is -2.36. The molecule has 0 radical (unpaired) electrons. The third kappa shape index (κ3) is 6.46.